The van der Waals surface area contributed by atoms with Crippen LogP contribution in [0, 0.1) is 5.92 Å². The van der Waals surface area contributed by atoms with Crippen LogP contribution in [-0.2, 0) is 23.8 Å². The van der Waals surface area contributed by atoms with Crippen molar-refractivity contribution < 1.29 is 23.8 Å². The highest BCUT2D eigenvalue weighted by Crippen LogP contribution is 2.19. The number of esters is 2. The summed E-state index contributed by atoms with van der Waals surface area (Å²) in [5.74, 6) is -1.42. The minimum atomic E-state index is -0.586. The minimum Gasteiger partial charge on any atom is -0.466 e. The molecule has 5 heteroatoms. The highest BCUT2D eigenvalue weighted by molar-refractivity contribution is 5.87. The number of ether oxygens (including phenoxy) is 3. The fraction of sp³-hybridized carbons (Fsp3) is 0.765. The molecule has 0 radical (unpaired) electrons. The summed E-state index contributed by atoms with van der Waals surface area (Å²) in [6.45, 7) is 15.3. The summed E-state index contributed by atoms with van der Waals surface area (Å²) >= 11 is 0. The zero-order valence-electron chi connectivity index (χ0n) is 14.7. The number of rotatable bonds is 10. The van der Waals surface area contributed by atoms with E-state index in [1.807, 2.05) is 20.8 Å². The first-order valence-corrected chi connectivity index (χ1v) is 7.81. The van der Waals surface area contributed by atoms with Crippen molar-refractivity contribution in [1.82, 2.24) is 0 Å². The van der Waals surface area contributed by atoms with Gasteiger partial charge in [0.25, 0.3) is 0 Å². The molecule has 0 aliphatic rings. The molecule has 0 saturated heterocycles. The summed E-state index contributed by atoms with van der Waals surface area (Å²) in [5.41, 5.74) is 0.0643. The van der Waals surface area contributed by atoms with Crippen LogP contribution < -0.4 is 0 Å². The van der Waals surface area contributed by atoms with Crippen LogP contribution in [0.15, 0.2) is 12.2 Å². The Morgan fingerprint density at radius 1 is 1.23 bits per heavy atom. The molecule has 0 spiro atoms. The van der Waals surface area contributed by atoms with E-state index in [1.54, 1.807) is 20.8 Å². The van der Waals surface area contributed by atoms with Gasteiger partial charge in [0.1, 0.15) is 6.10 Å². The Labute approximate surface area is 134 Å². The SMILES string of the molecule is C=C(C)C(=O)OC(C)C(CCOC(C)(C)CC)C(=O)OCC. The molecule has 0 amide bonds. The zero-order chi connectivity index (χ0) is 17.3. The Bertz CT molecular complexity index is 387. The van der Waals surface area contributed by atoms with Crippen molar-refractivity contribution in [2.45, 2.75) is 66.1 Å². The lowest BCUT2D eigenvalue weighted by molar-refractivity contribution is -0.160. The van der Waals surface area contributed by atoms with Crippen molar-refractivity contribution in [3.63, 3.8) is 0 Å². The number of carbonyl (C=O) groups excluding carboxylic acids is 2. The minimum absolute atomic E-state index is 0.239. The summed E-state index contributed by atoms with van der Waals surface area (Å²) in [7, 11) is 0. The van der Waals surface area contributed by atoms with E-state index in [2.05, 4.69) is 6.58 Å². The van der Waals surface area contributed by atoms with Gasteiger partial charge in [0.05, 0.1) is 18.1 Å². The van der Waals surface area contributed by atoms with Crippen LogP contribution in [0.1, 0.15) is 54.4 Å². The molecule has 2 unspecified atom stereocenters. The van der Waals surface area contributed by atoms with Gasteiger partial charge in [-0.3, -0.25) is 4.79 Å². The van der Waals surface area contributed by atoms with Crippen LogP contribution in [-0.4, -0.2) is 36.9 Å². The molecule has 0 aliphatic heterocycles. The molecule has 22 heavy (non-hydrogen) atoms. The van der Waals surface area contributed by atoms with Gasteiger partial charge >= 0.3 is 11.9 Å². The van der Waals surface area contributed by atoms with Gasteiger partial charge in [-0.25, -0.2) is 4.79 Å². The van der Waals surface area contributed by atoms with Gasteiger partial charge < -0.3 is 14.2 Å². The summed E-state index contributed by atoms with van der Waals surface area (Å²) < 4.78 is 16.1. The van der Waals surface area contributed by atoms with Crippen molar-refractivity contribution in [2.75, 3.05) is 13.2 Å². The topological polar surface area (TPSA) is 61.8 Å². The molecule has 0 bridgehead atoms. The maximum atomic E-state index is 12.1. The van der Waals surface area contributed by atoms with Crippen LogP contribution in [0.5, 0.6) is 0 Å². The van der Waals surface area contributed by atoms with Crippen LogP contribution in [0.2, 0.25) is 0 Å². The Morgan fingerprint density at radius 2 is 1.82 bits per heavy atom. The largest absolute Gasteiger partial charge is 0.466 e. The molecule has 0 aromatic carbocycles. The first kappa shape index (κ1) is 20.6. The fourth-order valence-corrected chi connectivity index (χ4v) is 1.71. The quantitative estimate of drug-likeness (QED) is 0.457. The summed E-state index contributed by atoms with van der Waals surface area (Å²) in [4.78, 5) is 23.7. The maximum Gasteiger partial charge on any atom is 0.333 e. The first-order valence-electron chi connectivity index (χ1n) is 7.81. The molecule has 0 saturated carbocycles. The van der Waals surface area contributed by atoms with Crippen molar-refractivity contribution in [2.24, 2.45) is 5.92 Å². The van der Waals surface area contributed by atoms with Gasteiger partial charge in [-0.05, 0) is 47.5 Å². The number of hydrogen-bond acceptors (Lipinski definition) is 5. The third kappa shape index (κ3) is 7.59. The van der Waals surface area contributed by atoms with Crippen LogP contribution >= 0.6 is 0 Å². The monoisotopic (exact) mass is 314 g/mol. The Morgan fingerprint density at radius 3 is 2.27 bits per heavy atom. The molecule has 128 valence electrons. The standard InChI is InChI=1S/C17H30O5/c1-8-17(6,7)21-11-10-14(16(19)20-9-2)13(5)22-15(18)12(3)4/h13-14H,3,8-11H2,1-2,4-7H3. The fourth-order valence-electron chi connectivity index (χ4n) is 1.71. The molecule has 0 heterocycles. The Hall–Kier alpha value is -1.36. The summed E-state index contributed by atoms with van der Waals surface area (Å²) in [5, 5.41) is 0. The van der Waals surface area contributed by atoms with Gasteiger partial charge in [-0.1, -0.05) is 13.5 Å². The average molecular weight is 314 g/mol. The molecular formula is C17H30O5. The van der Waals surface area contributed by atoms with E-state index in [0.717, 1.165) is 6.42 Å². The highest BCUT2D eigenvalue weighted by atomic mass is 16.6. The van der Waals surface area contributed by atoms with E-state index >= 15 is 0 Å². The van der Waals surface area contributed by atoms with Crippen molar-refractivity contribution in [3.05, 3.63) is 12.2 Å². The summed E-state index contributed by atoms with van der Waals surface area (Å²) in [6, 6.07) is 0. The second kappa shape index (κ2) is 9.62. The number of hydrogen-bond donors (Lipinski definition) is 0. The third-order valence-electron chi connectivity index (χ3n) is 3.57. The van der Waals surface area contributed by atoms with Gasteiger partial charge in [-0.2, -0.15) is 0 Å². The molecule has 0 N–H and O–H groups in total. The Kier molecular flexibility index (Phi) is 9.02. The second-order valence-electron chi connectivity index (χ2n) is 6.00. The average Bonchev–Trinajstić information content (AvgIpc) is 2.43. The van der Waals surface area contributed by atoms with Gasteiger partial charge in [0.2, 0.25) is 0 Å². The smallest absolute Gasteiger partial charge is 0.333 e. The van der Waals surface area contributed by atoms with E-state index in [-0.39, 0.29) is 18.2 Å². The molecule has 0 aliphatic carbocycles. The molecule has 0 aromatic heterocycles. The lowest BCUT2D eigenvalue weighted by atomic mass is 9.99. The predicted octanol–water partition coefficient (Wildman–Crippen LogP) is 3.27. The maximum absolute atomic E-state index is 12.1. The van der Waals surface area contributed by atoms with Crippen LogP contribution in [0.3, 0.4) is 0 Å². The molecule has 0 fully saturated rings. The van der Waals surface area contributed by atoms with E-state index in [1.165, 1.54) is 0 Å². The lowest BCUT2D eigenvalue weighted by Gasteiger charge is -2.26. The molecular weight excluding hydrogens is 284 g/mol. The lowest BCUT2D eigenvalue weighted by Crippen LogP contribution is -2.34. The van der Waals surface area contributed by atoms with Crippen molar-refractivity contribution in [3.8, 4) is 0 Å². The zero-order valence-corrected chi connectivity index (χ0v) is 14.7. The molecule has 2 atom stereocenters. The van der Waals surface area contributed by atoms with Gasteiger partial charge in [0.15, 0.2) is 0 Å². The van der Waals surface area contributed by atoms with Gasteiger partial charge in [-0.15, -0.1) is 0 Å². The van der Waals surface area contributed by atoms with E-state index < -0.39 is 18.0 Å². The van der Waals surface area contributed by atoms with E-state index in [9.17, 15) is 9.59 Å². The normalized spacial score (nSPS) is 14.1. The molecule has 0 aromatic rings. The van der Waals surface area contributed by atoms with Crippen molar-refractivity contribution in [1.29, 1.82) is 0 Å². The highest BCUT2D eigenvalue weighted by Gasteiger charge is 2.30. The molecule has 0 rings (SSSR count). The van der Waals surface area contributed by atoms with E-state index in [0.29, 0.717) is 18.6 Å². The Balaban J connectivity index is 4.72. The van der Waals surface area contributed by atoms with E-state index in [4.69, 9.17) is 14.2 Å². The number of carbonyl (C=O) groups is 2. The third-order valence-corrected chi connectivity index (χ3v) is 3.57. The van der Waals surface area contributed by atoms with Crippen LogP contribution in [0.4, 0.5) is 0 Å². The van der Waals surface area contributed by atoms with Gasteiger partial charge in [0, 0.05) is 12.2 Å². The molecule has 5 nitrogen and oxygen atoms in total. The predicted molar refractivity (Wildman–Crippen MR) is 85.4 cm³/mol. The van der Waals surface area contributed by atoms with Crippen LogP contribution in [0.25, 0.3) is 0 Å². The summed E-state index contributed by atoms with van der Waals surface area (Å²) in [6.07, 6.45) is 0.723. The second-order valence-corrected chi connectivity index (χ2v) is 6.00. The first-order chi connectivity index (χ1) is 10.1. The van der Waals surface area contributed by atoms with Crippen molar-refractivity contribution >= 4 is 11.9 Å².